The average Bonchev–Trinajstić information content (AvgIpc) is 3.05. The zero-order chi connectivity index (χ0) is 23.4. The predicted molar refractivity (Wildman–Crippen MR) is 126 cm³/mol. The summed E-state index contributed by atoms with van der Waals surface area (Å²) in [6.07, 6.45) is 0. The second kappa shape index (κ2) is 9.86. The van der Waals surface area contributed by atoms with E-state index in [2.05, 4.69) is 13.8 Å². The van der Waals surface area contributed by atoms with Crippen LogP contribution in [0.2, 0.25) is 0 Å². The Kier molecular flexibility index (Phi) is 7.18. The van der Waals surface area contributed by atoms with E-state index >= 15 is 0 Å². The molecule has 1 heterocycles. The van der Waals surface area contributed by atoms with Crippen molar-refractivity contribution in [2.24, 2.45) is 0 Å². The SMILES string of the molecule is Cc1ccc(-n2c(C)cc(C(=O)COC(=O)COc3cc(C)ccc3C(C)C)c2C)cc1. The summed E-state index contributed by atoms with van der Waals surface area (Å²) < 4.78 is 12.9. The lowest BCUT2D eigenvalue weighted by Crippen LogP contribution is -2.20. The van der Waals surface area contributed by atoms with Gasteiger partial charge < -0.3 is 14.0 Å². The van der Waals surface area contributed by atoms with Gasteiger partial charge in [0.05, 0.1) is 0 Å². The maximum absolute atomic E-state index is 12.8. The van der Waals surface area contributed by atoms with Crippen LogP contribution in [0.25, 0.3) is 5.69 Å². The van der Waals surface area contributed by atoms with Gasteiger partial charge in [-0.2, -0.15) is 0 Å². The minimum absolute atomic E-state index is 0.233. The topological polar surface area (TPSA) is 57.5 Å². The molecule has 0 bridgehead atoms. The number of rotatable bonds is 8. The number of esters is 1. The number of hydrogen-bond acceptors (Lipinski definition) is 4. The summed E-state index contributed by atoms with van der Waals surface area (Å²) in [4.78, 5) is 25.0. The van der Waals surface area contributed by atoms with Gasteiger partial charge in [0.25, 0.3) is 0 Å². The van der Waals surface area contributed by atoms with Gasteiger partial charge in [-0.3, -0.25) is 4.79 Å². The Morgan fingerprint density at radius 3 is 2.19 bits per heavy atom. The molecule has 3 aromatic rings. The number of benzene rings is 2. The normalized spacial score (nSPS) is 11.0. The van der Waals surface area contributed by atoms with Crippen molar-refractivity contribution in [2.45, 2.75) is 47.5 Å². The molecule has 0 N–H and O–H groups in total. The number of ketones is 1. The van der Waals surface area contributed by atoms with Crippen LogP contribution >= 0.6 is 0 Å². The smallest absolute Gasteiger partial charge is 0.344 e. The molecule has 0 aliphatic heterocycles. The van der Waals surface area contributed by atoms with Crippen molar-refractivity contribution in [1.29, 1.82) is 0 Å². The average molecular weight is 434 g/mol. The molecule has 3 rings (SSSR count). The van der Waals surface area contributed by atoms with Crippen LogP contribution in [0.5, 0.6) is 5.75 Å². The van der Waals surface area contributed by atoms with Crippen molar-refractivity contribution < 1.29 is 19.1 Å². The Hall–Kier alpha value is -3.34. The lowest BCUT2D eigenvalue weighted by atomic mass is 10.0. The van der Waals surface area contributed by atoms with E-state index in [4.69, 9.17) is 9.47 Å². The van der Waals surface area contributed by atoms with E-state index in [1.807, 2.05) is 80.8 Å². The van der Waals surface area contributed by atoms with E-state index < -0.39 is 5.97 Å². The van der Waals surface area contributed by atoms with E-state index in [0.29, 0.717) is 11.3 Å². The highest BCUT2D eigenvalue weighted by Crippen LogP contribution is 2.27. The van der Waals surface area contributed by atoms with Crippen LogP contribution in [-0.4, -0.2) is 29.5 Å². The first-order valence-corrected chi connectivity index (χ1v) is 10.9. The molecule has 5 heteroatoms. The molecule has 32 heavy (non-hydrogen) atoms. The highest BCUT2D eigenvalue weighted by atomic mass is 16.6. The quantitative estimate of drug-likeness (QED) is 0.341. The standard InChI is InChI=1S/C27H31NO4/c1-17(2)23-12-9-19(4)13-26(23)31-16-27(30)32-15-25(29)24-14-20(5)28(21(24)6)22-10-7-18(3)8-11-22/h7-14,17H,15-16H2,1-6H3. The predicted octanol–water partition coefficient (Wildman–Crippen LogP) is 5.64. The zero-order valence-corrected chi connectivity index (χ0v) is 19.7. The first-order valence-electron chi connectivity index (χ1n) is 10.9. The number of nitrogens with zero attached hydrogens (tertiary/aromatic N) is 1. The molecule has 0 amide bonds. The summed E-state index contributed by atoms with van der Waals surface area (Å²) in [7, 11) is 0. The highest BCUT2D eigenvalue weighted by Gasteiger charge is 2.19. The third-order valence-electron chi connectivity index (χ3n) is 5.52. The number of carbonyl (C=O) groups is 2. The molecule has 5 nitrogen and oxygen atoms in total. The summed E-state index contributed by atoms with van der Waals surface area (Å²) in [5.41, 5.74) is 6.58. The third-order valence-corrected chi connectivity index (χ3v) is 5.52. The van der Waals surface area contributed by atoms with E-state index in [-0.39, 0.29) is 24.9 Å². The summed E-state index contributed by atoms with van der Waals surface area (Å²) >= 11 is 0. The van der Waals surface area contributed by atoms with Crippen LogP contribution < -0.4 is 4.74 Å². The molecule has 168 valence electrons. The van der Waals surface area contributed by atoms with Crippen molar-refractivity contribution in [1.82, 2.24) is 4.57 Å². The van der Waals surface area contributed by atoms with Crippen LogP contribution in [0.15, 0.2) is 48.5 Å². The van der Waals surface area contributed by atoms with Gasteiger partial charge in [-0.25, -0.2) is 4.79 Å². The van der Waals surface area contributed by atoms with Gasteiger partial charge in [-0.15, -0.1) is 0 Å². The summed E-state index contributed by atoms with van der Waals surface area (Å²) in [6.45, 7) is 11.5. The molecule has 0 spiro atoms. The monoisotopic (exact) mass is 433 g/mol. The van der Waals surface area contributed by atoms with Gasteiger partial charge in [0.2, 0.25) is 5.78 Å². The fraction of sp³-hybridized carbons (Fsp3) is 0.333. The van der Waals surface area contributed by atoms with E-state index in [1.165, 1.54) is 5.56 Å². The van der Waals surface area contributed by atoms with Gasteiger partial charge in [-0.1, -0.05) is 43.7 Å². The van der Waals surface area contributed by atoms with Gasteiger partial charge in [0.15, 0.2) is 13.2 Å². The molecule has 2 aromatic carbocycles. The van der Waals surface area contributed by atoms with E-state index in [0.717, 1.165) is 28.2 Å². The first-order chi connectivity index (χ1) is 15.2. The molecular weight excluding hydrogens is 402 g/mol. The van der Waals surface area contributed by atoms with Crippen LogP contribution in [0.3, 0.4) is 0 Å². The van der Waals surface area contributed by atoms with Crippen molar-refractivity contribution in [3.63, 3.8) is 0 Å². The summed E-state index contributed by atoms with van der Waals surface area (Å²) in [5, 5.41) is 0. The molecule has 0 radical (unpaired) electrons. The maximum atomic E-state index is 12.8. The molecule has 0 atom stereocenters. The Labute approximate surface area is 190 Å². The number of carbonyl (C=O) groups excluding carboxylic acids is 2. The van der Waals surface area contributed by atoms with Crippen molar-refractivity contribution >= 4 is 11.8 Å². The lowest BCUT2D eigenvalue weighted by molar-refractivity contribution is -0.144. The zero-order valence-electron chi connectivity index (χ0n) is 19.7. The minimum atomic E-state index is -0.568. The number of Topliss-reactive ketones (excluding diaryl/α,β-unsaturated/α-hetero) is 1. The Morgan fingerprint density at radius 1 is 0.875 bits per heavy atom. The van der Waals surface area contributed by atoms with Crippen LogP contribution in [0.4, 0.5) is 0 Å². The number of ether oxygens (including phenoxy) is 2. The molecular formula is C27H31NO4. The molecule has 0 saturated carbocycles. The summed E-state index contributed by atoms with van der Waals surface area (Å²) in [6, 6.07) is 15.9. The van der Waals surface area contributed by atoms with E-state index in [1.54, 1.807) is 0 Å². The molecule has 1 aromatic heterocycles. The maximum Gasteiger partial charge on any atom is 0.344 e. The Bertz CT molecular complexity index is 1120. The number of aryl methyl sites for hydroxylation is 3. The molecule has 0 saturated heterocycles. The highest BCUT2D eigenvalue weighted by molar-refractivity contribution is 5.99. The Balaban J connectivity index is 1.63. The summed E-state index contributed by atoms with van der Waals surface area (Å²) in [5.74, 6) is 0.141. The molecule has 0 aliphatic carbocycles. The first kappa shape index (κ1) is 23.3. The van der Waals surface area contributed by atoms with Gasteiger partial charge in [0.1, 0.15) is 5.75 Å². The Morgan fingerprint density at radius 2 is 1.53 bits per heavy atom. The second-order valence-corrected chi connectivity index (χ2v) is 8.52. The fourth-order valence-corrected chi connectivity index (χ4v) is 3.78. The van der Waals surface area contributed by atoms with Crippen LogP contribution in [0.1, 0.15) is 58.2 Å². The lowest BCUT2D eigenvalue weighted by Gasteiger charge is -2.14. The van der Waals surface area contributed by atoms with Crippen molar-refractivity contribution in [3.05, 3.63) is 82.2 Å². The van der Waals surface area contributed by atoms with Crippen LogP contribution in [-0.2, 0) is 9.53 Å². The van der Waals surface area contributed by atoms with Gasteiger partial charge in [-0.05, 0) is 69.0 Å². The largest absolute Gasteiger partial charge is 0.482 e. The van der Waals surface area contributed by atoms with Crippen molar-refractivity contribution in [3.8, 4) is 11.4 Å². The van der Waals surface area contributed by atoms with Gasteiger partial charge >= 0.3 is 5.97 Å². The second-order valence-electron chi connectivity index (χ2n) is 8.52. The van der Waals surface area contributed by atoms with Gasteiger partial charge in [0, 0.05) is 22.6 Å². The molecule has 0 unspecified atom stereocenters. The molecule has 0 fully saturated rings. The van der Waals surface area contributed by atoms with E-state index in [9.17, 15) is 9.59 Å². The number of aromatic nitrogens is 1. The fourth-order valence-electron chi connectivity index (χ4n) is 3.78. The number of hydrogen-bond donors (Lipinski definition) is 0. The van der Waals surface area contributed by atoms with Crippen molar-refractivity contribution in [2.75, 3.05) is 13.2 Å². The third kappa shape index (κ3) is 5.28. The molecule has 0 aliphatic rings. The minimum Gasteiger partial charge on any atom is -0.482 e. The van der Waals surface area contributed by atoms with Crippen LogP contribution in [0, 0.1) is 27.7 Å².